The van der Waals surface area contributed by atoms with Gasteiger partial charge in [0.25, 0.3) is 0 Å². The van der Waals surface area contributed by atoms with Gasteiger partial charge in [-0.15, -0.1) is 6.42 Å². The Bertz CT molecular complexity index is 485. The van der Waals surface area contributed by atoms with E-state index in [0.29, 0.717) is 0 Å². The zero-order valence-corrected chi connectivity index (χ0v) is 10.3. The van der Waals surface area contributed by atoms with Crippen LogP contribution in [0.5, 0.6) is 0 Å². The van der Waals surface area contributed by atoms with Crippen molar-refractivity contribution in [1.29, 1.82) is 0 Å². The Labute approximate surface area is 109 Å². The number of hydrogen-bond donors (Lipinski definition) is 1. The fourth-order valence-corrected chi connectivity index (χ4v) is 2.20. The zero-order chi connectivity index (χ0) is 13.9. The minimum absolute atomic E-state index is 0.0286. The summed E-state index contributed by atoms with van der Waals surface area (Å²) in [6.07, 6.45) is 6.57. The van der Waals surface area contributed by atoms with E-state index in [1.807, 2.05) is 0 Å². The van der Waals surface area contributed by atoms with Gasteiger partial charge in [0.1, 0.15) is 5.69 Å². The number of rotatable bonds is 2. The molecular formula is C13H14F3N3. The van der Waals surface area contributed by atoms with Gasteiger partial charge in [-0.3, -0.25) is 0 Å². The second kappa shape index (κ2) is 5.47. The van der Waals surface area contributed by atoms with E-state index in [-0.39, 0.29) is 17.6 Å². The highest BCUT2D eigenvalue weighted by Gasteiger charge is 2.37. The van der Waals surface area contributed by atoms with E-state index < -0.39 is 11.9 Å². The van der Waals surface area contributed by atoms with Crippen molar-refractivity contribution in [2.75, 3.05) is 5.32 Å². The molecule has 1 fully saturated rings. The van der Waals surface area contributed by atoms with Crippen molar-refractivity contribution in [3.05, 3.63) is 17.6 Å². The first kappa shape index (κ1) is 13.7. The lowest BCUT2D eigenvalue weighted by Gasteiger charge is -2.24. The van der Waals surface area contributed by atoms with Crippen LogP contribution in [0.4, 0.5) is 19.0 Å². The van der Waals surface area contributed by atoms with Gasteiger partial charge in [-0.25, -0.2) is 9.97 Å². The van der Waals surface area contributed by atoms with Crippen LogP contribution in [0.3, 0.4) is 0 Å². The fraction of sp³-hybridized carbons (Fsp3) is 0.538. The van der Waals surface area contributed by atoms with Crippen LogP contribution in [0.1, 0.15) is 43.5 Å². The molecule has 1 N–H and O–H groups in total. The average molecular weight is 269 g/mol. The van der Waals surface area contributed by atoms with E-state index in [4.69, 9.17) is 6.42 Å². The molecule has 0 unspecified atom stereocenters. The molecule has 1 heterocycles. The highest BCUT2D eigenvalue weighted by molar-refractivity contribution is 5.44. The average Bonchev–Trinajstić information content (AvgIpc) is 2.39. The van der Waals surface area contributed by atoms with Gasteiger partial charge in [-0.05, 0) is 18.8 Å². The first-order valence-electron chi connectivity index (χ1n) is 6.18. The fourth-order valence-electron chi connectivity index (χ4n) is 2.20. The quantitative estimate of drug-likeness (QED) is 0.838. The van der Waals surface area contributed by atoms with E-state index in [1.165, 1.54) is 6.20 Å². The van der Waals surface area contributed by atoms with Crippen LogP contribution in [-0.4, -0.2) is 16.0 Å². The van der Waals surface area contributed by atoms with Crippen molar-refractivity contribution in [2.24, 2.45) is 0 Å². The number of alkyl halides is 3. The van der Waals surface area contributed by atoms with E-state index in [9.17, 15) is 13.2 Å². The molecule has 0 saturated heterocycles. The first-order valence-corrected chi connectivity index (χ1v) is 6.18. The van der Waals surface area contributed by atoms with Gasteiger partial charge in [-0.1, -0.05) is 19.3 Å². The molecule has 3 nitrogen and oxygen atoms in total. The van der Waals surface area contributed by atoms with Gasteiger partial charge in [0, 0.05) is 6.04 Å². The molecule has 1 aromatic rings. The molecule has 2 rings (SSSR count). The van der Waals surface area contributed by atoms with Gasteiger partial charge < -0.3 is 5.32 Å². The van der Waals surface area contributed by atoms with E-state index in [1.54, 1.807) is 0 Å². The van der Waals surface area contributed by atoms with Crippen molar-refractivity contribution in [2.45, 2.75) is 44.3 Å². The highest BCUT2D eigenvalue weighted by Crippen LogP contribution is 2.33. The van der Waals surface area contributed by atoms with Crippen LogP contribution < -0.4 is 5.32 Å². The highest BCUT2D eigenvalue weighted by atomic mass is 19.4. The number of halogens is 3. The second-order valence-electron chi connectivity index (χ2n) is 4.57. The standard InChI is InChI=1S/C13H14F3N3/c1-2-9-8-17-12(11(18-9)13(14,15)16)19-10-6-4-3-5-7-10/h1,8,10H,3-7H2,(H,17,19). The molecule has 1 saturated carbocycles. The largest absolute Gasteiger partial charge is 0.437 e. The molecule has 102 valence electrons. The van der Waals surface area contributed by atoms with Gasteiger partial charge in [0.15, 0.2) is 11.5 Å². The Hall–Kier alpha value is -1.77. The summed E-state index contributed by atoms with van der Waals surface area (Å²) in [5.41, 5.74) is -1.14. The molecule has 0 atom stereocenters. The predicted molar refractivity (Wildman–Crippen MR) is 65.5 cm³/mol. The molecule has 0 radical (unpaired) electrons. The van der Waals surface area contributed by atoms with Crippen LogP contribution in [0.15, 0.2) is 6.20 Å². The van der Waals surface area contributed by atoms with Crippen LogP contribution in [-0.2, 0) is 6.18 Å². The molecule has 0 amide bonds. The van der Waals surface area contributed by atoms with Crippen molar-refractivity contribution in [3.63, 3.8) is 0 Å². The monoisotopic (exact) mass is 269 g/mol. The summed E-state index contributed by atoms with van der Waals surface area (Å²) in [5.74, 6) is 1.85. The Morgan fingerprint density at radius 3 is 2.53 bits per heavy atom. The number of hydrogen-bond acceptors (Lipinski definition) is 3. The van der Waals surface area contributed by atoms with Crippen LogP contribution in [0, 0.1) is 12.3 Å². The van der Waals surface area contributed by atoms with Gasteiger partial charge in [0.2, 0.25) is 0 Å². The van der Waals surface area contributed by atoms with Crippen LogP contribution >= 0.6 is 0 Å². The molecule has 0 aromatic carbocycles. The summed E-state index contributed by atoms with van der Waals surface area (Å²) < 4.78 is 38.7. The van der Waals surface area contributed by atoms with Gasteiger partial charge in [-0.2, -0.15) is 13.2 Å². The maximum Gasteiger partial charge on any atom is 0.437 e. The molecule has 6 heteroatoms. The second-order valence-corrected chi connectivity index (χ2v) is 4.57. The maximum atomic E-state index is 12.9. The van der Waals surface area contributed by atoms with Crippen molar-refractivity contribution < 1.29 is 13.2 Å². The summed E-state index contributed by atoms with van der Waals surface area (Å²) in [7, 11) is 0. The summed E-state index contributed by atoms with van der Waals surface area (Å²) >= 11 is 0. The smallest absolute Gasteiger partial charge is 0.366 e. The predicted octanol–water partition coefficient (Wildman–Crippen LogP) is 3.22. The summed E-state index contributed by atoms with van der Waals surface area (Å²) in [5, 5.41) is 2.85. The van der Waals surface area contributed by atoms with Crippen LogP contribution in [0.2, 0.25) is 0 Å². The molecule has 0 spiro atoms. The van der Waals surface area contributed by atoms with Crippen molar-refractivity contribution in [3.8, 4) is 12.3 Å². The van der Waals surface area contributed by atoms with Crippen LogP contribution in [0.25, 0.3) is 0 Å². The number of nitrogens with one attached hydrogen (secondary N) is 1. The first-order chi connectivity index (χ1) is 9.00. The molecule has 0 bridgehead atoms. The molecule has 1 aliphatic rings. The molecule has 19 heavy (non-hydrogen) atoms. The minimum atomic E-state index is -4.56. The van der Waals surface area contributed by atoms with Crippen molar-refractivity contribution >= 4 is 5.82 Å². The third-order valence-corrected chi connectivity index (χ3v) is 3.13. The normalized spacial score (nSPS) is 16.9. The van der Waals surface area contributed by atoms with E-state index in [0.717, 1.165) is 32.1 Å². The topological polar surface area (TPSA) is 37.8 Å². The molecule has 1 aliphatic carbocycles. The summed E-state index contributed by atoms with van der Waals surface area (Å²) in [4.78, 5) is 7.22. The number of anilines is 1. The van der Waals surface area contributed by atoms with Crippen molar-refractivity contribution in [1.82, 2.24) is 9.97 Å². The summed E-state index contributed by atoms with van der Waals surface area (Å²) in [6.45, 7) is 0. The summed E-state index contributed by atoms with van der Waals surface area (Å²) in [6, 6.07) is 0.0286. The third-order valence-electron chi connectivity index (χ3n) is 3.13. The molecule has 1 aromatic heterocycles. The third kappa shape index (κ3) is 3.37. The lowest BCUT2D eigenvalue weighted by atomic mass is 9.95. The van der Waals surface area contributed by atoms with E-state index in [2.05, 4.69) is 21.2 Å². The minimum Gasteiger partial charge on any atom is -0.366 e. The van der Waals surface area contributed by atoms with Gasteiger partial charge >= 0.3 is 6.18 Å². The maximum absolute atomic E-state index is 12.9. The van der Waals surface area contributed by atoms with E-state index >= 15 is 0 Å². The molecular weight excluding hydrogens is 255 g/mol. The van der Waals surface area contributed by atoms with Gasteiger partial charge in [0.05, 0.1) is 6.20 Å². The Morgan fingerprint density at radius 2 is 1.95 bits per heavy atom. The number of nitrogens with zero attached hydrogens (tertiary/aromatic N) is 2. The number of aromatic nitrogens is 2. The Balaban J connectivity index is 2.26. The number of terminal acetylenes is 1. The lowest BCUT2D eigenvalue weighted by molar-refractivity contribution is -0.140. The lowest BCUT2D eigenvalue weighted by Crippen LogP contribution is -2.25. The SMILES string of the molecule is C#Cc1cnc(NC2CCCCC2)c(C(F)(F)F)n1. The Morgan fingerprint density at radius 1 is 1.26 bits per heavy atom. The molecule has 0 aliphatic heterocycles. The zero-order valence-electron chi connectivity index (χ0n) is 10.3. The Kier molecular flexibility index (Phi) is 3.93.